The molecule has 1 aliphatic rings. The maximum atomic E-state index is 12.2. The molecule has 0 radical (unpaired) electrons. The molecule has 1 aliphatic heterocycles. The molecule has 0 saturated carbocycles. The number of carbonyl (C=O) groups excluding carboxylic acids is 1. The summed E-state index contributed by atoms with van der Waals surface area (Å²) in [7, 11) is 1.48. The largest absolute Gasteiger partial charge is 0.281 e. The highest BCUT2D eigenvalue weighted by atomic mass is 16.7. The van der Waals surface area contributed by atoms with Crippen LogP contribution in [0.2, 0.25) is 0 Å². The van der Waals surface area contributed by atoms with E-state index in [1.54, 1.807) is 12.1 Å². The maximum absolute atomic E-state index is 12.2. The molecule has 0 unspecified atom stereocenters. The Hall–Kier alpha value is -2.08. The smallest absolute Gasteiger partial charge is 0.265 e. The topological polar surface area (TPSA) is 90.3 Å². The van der Waals surface area contributed by atoms with E-state index in [1.165, 1.54) is 12.2 Å². The quantitative estimate of drug-likeness (QED) is 0.519. The molecule has 1 heterocycles. The first kappa shape index (κ1) is 14.3. The Morgan fingerprint density at radius 1 is 1.45 bits per heavy atom. The summed E-state index contributed by atoms with van der Waals surface area (Å²) in [6, 6.07) is 6.83. The molecule has 2 rings (SSSR count). The number of hydrogen-bond donors (Lipinski definition) is 1. The SMILES string of the molecule is CON1C(=O)[C@H](Cc2ccc(N=[N+]=[N-])cc2)NC1(C)C. The third kappa shape index (κ3) is 2.75. The molecular formula is C13H17N5O2. The molecule has 0 aliphatic carbocycles. The van der Waals surface area contributed by atoms with Gasteiger partial charge in [0.15, 0.2) is 0 Å². The predicted molar refractivity (Wildman–Crippen MR) is 73.8 cm³/mol. The van der Waals surface area contributed by atoms with E-state index in [0.29, 0.717) is 12.1 Å². The zero-order valence-electron chi connectivity index (χ0n) is 11.7. The number of amides is 1. The second-order valence-corrected chi connectivity index (χ2v) is 5.13. The summed E-state index contributed by atoms with van der Waals surface area (Å²) >= 11 is 0. The van der Waals surface area contributed by atoms with E-state index in [-0.39, 0.29) is 11.9 Å². The molecule has 7 heteroatoms. The number of benzene rings is 1. The Balaban J connectivity index is 2.11. The van der Waals surface area contributed by atoms with Crippen molar-refractivity contribution in [2.75, 3.05) is 7.11 Å². The fraction of sp³-hybridized carbons (Fsp3) is 0.462. The predicted octanol–water partition coefficient (Wildman–Crippen LogP) is 2.27. The van der Waals surface area contributed by atoms with E-state index < -0.39 is 5.66 Å². The van der Waals surface area contributed by atoms with Gasteiger partial charge in [-0.05, 0) is 31.4 Å². The molecule has 0 bridgehead atoms. The fourth-order valence-electron chi connectivity index (χ4n) is 2.41. The molecule has 1 aromatic rings. The summed E-state index contributed by atoms with van der Waals surface area (Å²) in [5.74, 6) is -0.0865. The third-order valence-corrected chi connectivity index (χ3v) is 3.25. The van der Waals surface area contributed by atoms with Crippen molar-refractivity contribution in [2.45, 2.75) is 32.0 Å². The van der Waals surface area contributed by atoms with Crippen molar-refractivity contribution >= 4 is 11.6 Å². The molecule has 20 heavy (non-hydrogen) atoms. The average molecular weight is 275 g/mol. The van der Waals surface area contributed by atoms with Crippen LogP contribution in [0.4, 0.5) is 5.69 Å². The minimum absolute atomic E-state index is 0.0865. The van der Waals surface area contributed by atoms with Gasteiger partial charge in [-0.25, -0.2) is 5.06 Å². The van der Waals surface area contributed by atoms with E-state index in [0.717, 1.165) is 5.56 Å². The Labute approximate surface area is 117 Å². The first-order chi connectivity index (χ1) is 9.47. The van der Waals surface area contributed by atoms with E-state index in [2.05, 4.69) is 15.3 Å². The van der Waals surface area contributed by atoms with Crippen LogP contribution in [-0.4, -0.2) is 29.8 Å². The number of carbonyl (C=O) groups is 1. The van der Waals surface area contributed by atoms with Gasteiger partial charge >= 0.3 is 0 Å². The molecule has 1 saturated heterocycles. The van der Waals surface area contributed by atoms with Gasteiger partial charge in [0.05, 0.1) is 13.2 Å². The number of nitrogens with zero attached hydrogens (tertiary/aromatic N) is 4. The molecule has 0 spiro atoms. The second-order valence-electron chi connectivity index (χ2n) is 5.13. The van der Waals surface area contributed by atoms with Crippen molar-refractivity contribution in [1.29, 1.82) is 0 Å². The molecular weight excluding hydrogens is 258 g/mol. The zero-order valence-corrected chi connectivity index (χ0v) is 11.7. The van der Waals surface area contributed by atoms with E-state index >= 15 is 0 Å². The lowest BCUT2D eigenvalue weighted by Gasteiger charge is -2.28. The lowest BCUT2D eigenvalue weighted by atomic mass is 10.1. The van der Waals surface area contributed by atoms with Gasteiger partial charge in [-0.15, -0.1) is 0 Å². The Kier molecular flexibility index (Phi) is 3.94. The number of rotatable bonds is 4. The minimum atomic E-state index is -0.526. The number of hydroxylamine groups is 2. The van der Waals surface area contributed by atoms with Crippen molar-refractivity contribution in [3.05, 3.63) is 40.3 Å². The fourth-order valence-corrected chi connectivity index (χ4v) is 2.41. The molecule has 1 fully saturated rings. The molecule has 7 nitrogen and oxygen atoms in total. The number of hydrogen-bond acceptors (Lipinski definition) is 4. The van der Waals surface area contributed by atoms with Gasteiger partial charge in [-0.3, -0.25) is 14.9 Å². The minimum Gasteiger partial charge on any atom is -0.281 e. The highest BCUT2D eigenvalue weighted by Gasteiger charge is 2.44. The zero-order chi connectivity index (χ0) is 14.8. The second kappa shape index (κ2) is 5.50. The standard InChI is InChI=1S/C13H17N5O2/c1-13(2)15-11(12(19)18(13)20-3)8-9-4-6-10(7-5-9)16-17-14/h4-7,11,15H,8H2,1-3H3/t11-/m0/s1. The van der Waals surface area contributed by atoms with Gasteiger partial charge in [-0.2, -0.15) is 0 Å². The van der Waals surface area contributed by atoms with Crippen LogP contribution in [0.5, 0.6) is 0 Å². The van der Waals surface area contributed by atoms with Crippen molar-refractivity contribution < 1.29 is 9.63 Å². The summed E-state index contributed by atoms with van der Waals surface area (Å²) in [5, 5.41) is 8.10. The van der Waals surface area contributed by atoms with Crippen molar-refractivity contribution in [2.24, 2.45) is 5.11 Å². The third-order valence-electron chi connectivity index (χ3n) is 3.25. The van der Waals surface area contributed by atoms with Gasteiger partial charge in [0.25, 0.3) is 5.91 Å². The van der Waals surface area contributed by atoms with Gasteiger partial charge < -0.3 is 0 Å². The highest BCUT2D eigenvalue weighted by Crippen LogP contribution is 2.23. The Morgan fingerprint density at radius 2 is 2.10 bits per heavy atom. The summed E-state index contributed by atoms with van der Waals surface area (Å²) in [4.78, 5) is 20.0. The summed E-state index contributed by atoms with van der Waals surface area (Å²) in [6.45, 7) is 3.78. The van der Waals surface area contributed by atoms with Crippen LogP contribution >= 0.6 is 0 Å². The van der Waals surface area contributed by atoms with Crippen molar-refractivity contribution in [3.8, 4) is 0 Å². The lowest BCUT2D eigenvalue weighted by molar-refractivity contribution is -0.192. The summed E-state index contributed by atoms with van der Waals surface area (Å²) in [5.41, 5.74) is 9.37. The Bertz CT molecular complexity index is 548. The van der Waals surface area contributed by atoms with Crippen LogP contribution in [0.15, 0.2) is 29.4 Å². The van der Waals surface area contributed by atoms with Gasteiger partial charge in [0, 0.05) is 10.6 Å². The van der Waals surface area contributed by atoms with Crippen molar-refractivity contribution in [3.63, 3.8) is 0 Å². The summed E-state index contributed by atoms with van der Waals surface area (Å²) < 4.78 is 0. The first-order valence-electron chi connectivity index (χ1n) is 6.28. The van der Waals surface area contributed by atoms with E-state index in [9.17, 15) is 4.79 Å². The number of azide groups is 1. The van der Waals surface area contributed by atoms with Crippen molar-refractivity contribution in [1.82, 2.24) is 10.4 Å². The molecule has 106 valence electrons. The normalized spacial score (nSPS) is 20.9. The molecule has 1 aromatic carbocycles. The van der Waals surface area contributed by atoms with Crippen LogP contribution in [-0.2, 0) is 16.1 Å². The maximum Gasteiger partial charge on any atom is 0.265 e. The van der Waals surface area contributed by atoms with E-state index in [1.807, 2.05) is 26.0 Å². The first-order valence-corrected chi connectivity index (χ1v) is 6.28. The van der Waals surface area contributed by atoms with Crippen LogP contribution < -0.4 is 5.32 Å². The van der Waals surface area contributed by atoms with Crippen LogP contribution in [0.1, 0.15) is 19.4 Å². The van der Waals surface area contributed by atoms with Gasteiger partial charge in [0.1, 0.15) is 5.66 Å². The average Bonchev–Trinajstić information content (AvgIpc) is 2.61. The Morgan fingerprint density at radius 3 is 2.60 bits per heavy atom. The molecule has 1 N–H and O–H groups in total. The number of nitrogens with one attached hydrogen (secondary N) is 1. The highest BCUT2D eigenvalue weighted by molar-refractivity contribution is 5.84. The van der Waals surface area contributed by atoms with Gasteiger partial charge in [-0.1, -0.05) is 29.4 Å². The van der Waals surface area contributed by atoms with Gasteiger partial charge in [0.2, 0.25) is 0 Å². The molecule has 0 aromatic heterocycles. The van der Waals surface area contributed by atoms with E-state index in [4.69, 9.17) is 10.4 Å². The van der Waals surface area contributed by atoms with Crippen LogP contribution in [0, 0.1) is 0 Å². The molecule has 1 amide bonds. The monoisotopic (exact) mass is 275 g/mol. The molecule has 1 atom stereocenters. The van der Waals surface area contributed by atoms with Crippen LogP contribution in [0.3, 0.4) is 0 Å². The van der Waals surface area contributed by atoms with Crippen LogP contribution in [0.25, 0.3) is 10.4 Å². The lowest BCUT2D eigenvalue weighted by Crippen LogP contribution is -2.46. The summed E-state index contributed by atoms with van der Waals surface area (Å²) in [6.07, 6.45) is 0.554.